The van der Waals surface area contributed by atoms with Crippen LogP contribution in [0.25, 0.3) is 11.1 Å². The van der Waals surface area contributed by atoms with Crippen LogP contribution in [0.3, 0.4) is 0 Å². The van der Waals surface area contributed by atoms with Crippen molar-refractivity contribution in [2.45, 2.75) is 26.3 Å². The highest BCUT2D eigenvalue weighted by molar-refractivity contribution is 5.89. The lowest BCUT2D eigenvalue weighted by Crippen LogP contribution is -2.21. The topological polar surface area (TPSA) is 55.1 Å². The molecule has 0 radical (unpaired) electrons. The molecule has 0 amide bonds. The van der Waals surface area contributed by atoms with Crippen molar-refractivity contribution in [3.63, 3.8) is 0 Å². The van der Waals surface area contributed by atoms with Crippen molar-refractivity contribution in [1.82, 2.24) is 9.78 Å². The molecule has 0 atom stereocenters. The minimum atomic E-state index is -1.28. The number of carbonyl (C=O) groups is 1. The predicted octanol–water partition coefficient (Wildman–Crippen LogP) is 3.14. The zero-order valence-corrected chi connectivity index (χ0v) is 11.0. The van der Waals surface area contributed by atoms with Crippen LogP contribution in [0.5, 0.6) is 0 Å². The van der Waals surface area contributed by atoms with E-state index >= 15 is 0 Å². The highest BCUT2D eigenvalue weighted by Crippen LogP contribution is 2.24. The Morgan fingerprint density at radius 1 is 1.32 bits per heavy atom. The van der Waals surface area contributed by atoms with Crippen LogP contribution in [0.2, 0.25) is 0 Å². The summed E-state index contributed by atoms with van der Waals surface area (Å²) in [5, 5.41) is 13.1. The predicted molar refractivity (Wildman–Crippen MR) is 69.6 cm³/mol. The number of halogens is 1. The van der Waals surface area contributed by atoms with Crippen LogP contribution >= 0.6 is 0 Å². The zero-order valence-electron chi connectivity index (χ0n) is 11.0. The van der Waals surface area contributed by atoms with E-state index in [-0.39, 0.29) is 11.1 Å². The number of benzene rings is 1. The van der Waals surface area contributed by atoms with Gasteiger partial charge >= 0.3 is 5.97 Å². The van der Waals surface area contributed by atoms with Crippen LogP contribution < -0.4 is 0 Å². The maximum absolute atomic E-state index is 13.3. The van der Waals surface area contributed by atoms with Gasteiger partial charge in [-0.25, -0.2) is 9.18 Å². The molecule has 2 rings (SSSR count). The lowest BCUT2D eigenvalue weighted by Gasteiger charge is -2.18. The summed E-state index contributed by atoms with van der Waals surface area (Å²) in [6.45, 7) is 6.03. The summed E-state index contributed by atoms with van der Waals surface area (Å²) in [5.41, 5.74) is 0.904. The molecule has 1 N–H and O–H groups in total. The summed E-state index contributed by atoms with van der Waals surface area (Å²) in [6.07, 6.45) is 3.46. The van der Waals surface area contributed by atoms with Crippen LogP contribution in [-0.2, 0) is 5.54 Å². The van der Waals surface area contributed by atoms with Gasteiger partial charge in [0.15, 0.2) is 0 Å². The third-order valence-electron chi connectivity index (χ3n) is 2.80. The molecule has 0 spiro atoms. The van der Waals surface area contributed by atoms with Gasteiger partial charge in [0, 0.05) is 11.8 Å². The van der Waals surface area contributed by atoms with Gasteiger partial charge in [0.25, 0.3) is 0 Å². The summed E-state index contributed by atoms with van der Waals surface area (Å²) in [7, 11) is 0. The Bertz CT molecular complexity index is 627. The molecule has 1 heterocycles. The minimum absolute atomic E-state index is 0.159. The van der Waals surface area contributed by atoms with Gasteiger partial charge in [-0.1, -0.05) is 6.07 Å². The molecule has 0 saturated heterocycles. The molecule has 0 unspecified atom stereocenters. The Kier molecular flexibility index (Phi) is 3.14. The van der Waals surface area contributed by atoms with Crippen molar-refractivity contribution in [2.75, 3.05) is 0 Å². The summed E-state index contributed by atoms with van der Waals surface area (Å²) in [6, 6.07) is 4.03. The molecule has 1 aromatic carbocycles. The van der Waals surface area contributed by atoms with Gasteiger partial charge < -0.3 is 5.11 Å². The Labute approximate surface area is 110 Å². The Hall–Kier alpha value is -2.17. The fourth-order valence-corrected chi connectivity index (χ4v) is 1.71. The van der Waals surface area contributed by atoms with Gasteiger partial charge in [-0.3, -0.25) is 4.68 Å². The van der Waals surface area contributed by atoms with E-state index in [0.717, 1.165) is 11.6 Å². The second kappa shape index (κ2) is 4.50. The fourth-order valence-electron chi connectivity index (χ4n) is 1.71. The average molecular weight is 262 g/mol. The van der Waals surface area contributed by atoms with Crippen LogP contribution in [0.4, 0.5) is 4.39 Å². The van der Waals surface area contributed by atoms with Crippen molar-refractivity contribution in [1.29, 1.82) is 0 Å². The Balaban J connectivity index is 2.45. The summed E-state index contributed by atoms with van der Waals surface area (Å²) >= 11 is 0. The van der Waals surface area contributed by atoms with E-state index in [4.69, 9.17) is 5.11 Å². The van der Waals surface area contributed by atoms with E-state index in [1.54, 1.807) is 16.9 Å². The van der Waals surface area contributed by atoms with Crippen molar-refractivity contribution >= 4 is 5.97 Å². The molecular formula is C14H15FN2O2. The molecule has 0 saturated carbocycles. The van der Waals surface area contributed by atoms with Crippen LogP contribution in [0.1, 0.15) is 31.1 Å². The number of nitrogens with zero attached hydrogens (tertiary/aromatic N) is 2. The summed E-state index contributed by atoms with van der Waals surface area (Å²) in [5.74, 6) is -2.01. The van der Waals surface area contributed by atoms with Crippen molar-refractivity contribution in [3.05, 3.63) is 42.0 Å². The van der Waals surface area contributed by atoms with E-state index in [0.29, 0.717) is 5.56 Å². The lowest BCUT2D eigenvalue weighted by atomic mass is 10.1. The molecule has 4 nitrogen and oxygen atoms in total. The minimum Gasteiger partial charge on any atom is -0.478 e. The van der Waals surface area contributed by atoms with Crippen LogP contribution in [0, 0.1) is 5.82 Å². The van der Waals surface area contributed by atoms with Gasteiger partial charge in [0.1, 0.15) is 5.82 Å². The first-order valence-corrected chi connectivity index (χ1v) is 5.87. The highest BCUT2D eigenvalue weighted by atomic mass is 19.1. The molecule has 0 aliphatic heterocycles. The third kappa shape index (κ3) is 2.65. The molecule has 100 valence electrons. The molecule has 5 heteroatoms. The smallest absolute Gasteiger partial charge is 0.338 e. The van der Waals surface area contributed by atoms with Gasteiger partial charge in [0.2, 0.25) is 0 Å². The highest BCUT2D eigenvalue weighted by Gasteiger charge is 2.16. The molecule has 0 aliphatic carbocycles. The van der Waals surface area contributed by atoms with E-state index in [1.165, 1.54) is 6.07 Å². The number of rotatable bonds is 2. The van der Waals surface area contributed by atoms with Crippen molar-refractivity contribution in [2.24, 2.45) is 0 Å². The standard InChI is InChI=1S/C14H15FN2O2/c1-14(2,3)17-8-10(7-16-17)9-4-5-12(15)11(6-9)13(18)19/h4-8H,1-3H3,(H,18,19). The molecule has 1 aromatic heterocycles. The van der Waals surface area contributed by atoms with Crippen LogP contribution in [-0.4, -0.2) is 20.9 Å². The molecule has 0 fully saturated rings. The van der Waals surface area contributed by atoms with Gasteiger partial charge in [0.05, 0.1) is 17.3 Å². The first kappa shape index (κ1) is 13.3. The maximum Gasteiger partial charge on any atom is 0.338 e. The summed E-state index contributed by atoms with van der Waals surface area (Å²) < 4.78 is 15.1. The monoisotopic (exact) mass is 262 g/mol. The largest absolute Gasteiger partial charge is 0.478 e. The molecule has 2 aromatic rings. The number of aromatic carboxylic acids is 1. The van der Waals surface area contributed by atoms with E-state index in [9.17, 15) is 9.18 Å². The maximum atomic E-state index is 13.3. The first-order valence-electron chi connectivity index (χ1n) is 5.87. The lowest BCUT2D eigenvalue weighted by molar-refractivity contribution is 0.0692. The summed E-state index contributed by atoms with van der Waals surface area (Å²) in [4.78, 5) is 10.9. The van der Waals surface area contributed by atoms with E-state index < -0.39 is 11.8 Å². The van der Waals surface area contributed by atoms with Crippen LogP contribution in [0.15, 0.2) is 30.6 Å². The second-order valence-corrected chi connectivity index (χ2v) is 5.34. The molecule has 0 bridgehead atoms. The fraction of sp³-hybridized carbons (Fsp3) is 0.286. The third-order valence-corrected chi connectivity index (χ3v) is 2.80. The molecule has 19 heavy (non-hydrogen) atoms. The normalized spacial score (nSPS) is 11.6. The molecular weight excluding hydrogens is 247 g/mol. The second-order valence-electron chi connectivity index (χ2n) is 5.34. The average Bonchev–Trinajstić information content (AvgIpc) is 2.78. The SMILES string of the molecule is CC(C)(C)n1cc(-c2ccc(F)c(C(=O)O)c2)cn1. The van der Waals surface area contributed by atoms with E-state index in [1.807, 2.05) is 27.0 Å². The first-order chi connectivity index (χ1) is 8.79. The number of carboxylic acids is 1. The zero-order chi connectivity index (χ0) is 14.2. The van der Waals surface area contributed by atoms with Gasteiger partial charge in [-0.15, -0.1) is 0 Å². The number of hydrogen-bond donors (Lipinski definition) is 1. The number of hydrogen-bond acceptors (Lipinski definition) is 2. The van der Waals surface area contributed by atoms with Crippen molar-refractivity contribution in [3.8, 4) is 11.1 Å². The number of carboxylic acid groups (broad SMARTS) is 1. The van der Waals surface area contributed by atoms with Gasteiger partial charge in [-0.2, -0.15) is 5.10 Å². The quantitative estimate of drug-likeness (QED) is 0.904. The van der Waals surface area contributed by atoms with Crippen molar-refractivity contribution < 1.29 is 14.3 Å². The molecule has 0 aliphatic rings. The Morgan fingerprint density at radius 3 is 2.53 bits per heavy atom. The van der Waals surface area contributed by atoms with Gasteiger partial charge in [-0.05, 0) is 38.5 Å². The van der Waals surface area contributed by atoms with E-state index in [2.05, 4.69) is 5.10 Å². The Morgan fingerprint density at radius 2 is 2.00 bits per heavy atom. The number of aromatic nitrogens is 2.